The summed E-state index contributed by atoms with van der Waals surface area (Å²) in [6.07, 6.45) is 3.06. The lowest BCUT2D eigenvalue weighted by atomic mass is 10.1. The number of carbonyl (C=O) groups excluding carboxylic acids is 2. The number of hydrogen-bond acceptors (Lipinski definition) is 4. The van der Waals surface area contributed by atoms with Gasteiger partial charge in [-0.1, -0.05) is 13.8 Å². The van der Waals surface area contributed by atoms with Gasteiger partial charge in [-0.25, -0.2) is 4.79 Å². The Labute approximate surface area is 158 Å². The van der Waals surface area contributed by atoms with Crippen molar-refractivity contribution in [1.29, 1.82) is 0 Å². The summed E-state index contributed by atoms with van der Waals surface area (Å²) in [5.41, 5.74) is 1.05. The molecule has 27 heavy (non-hydrogen) atoms. The smallest absolute Gasteiger partial charge is 0.335 e. The second-order valence-corrected chi connectivity index (χ2v) is 6.06. The number of anilines is 1. The van der Waals surface area contributed by atoms with E-state index in [-0.39, 0.29) is 17.2 Å². The maximum atomic E-state index is 12.6. The molecular weight excluding hydrogens is 346 g/mol. The zero-order chi connectivity index (χ0) is 19.8. The fraction of sp³-hybridized carbons (Fsp3) is 0.300. The van der Waals surface area contributed by atoms with Crippen molar-refractivity contribution in [3.63, 3.8) is 0 Å². The van der Waals surface area contributed by atoms with Crippen molar-refractivity contribution in [3.8, 4) is 0 Å². The van der Waals surface area contributed by atoms with Crippen molar-refractivity contribution in [2.24, 2.45) is 0 Å². The lowest BCUT2D eigenvalue weighted by molar-refractivity contribution is 0.0695. The quantitative estimate of drug-likeness (QED) is 0.744. The van der Waals surface area contributed by atoms with Crippen LogP contribution in [0.25, 0.3) is 0 Å². The lowest BCUT2D eigenvalue weighted by Crippen LogP contribution is -2.32. The minimum absolute atomic E-state index is 0.00659. The van der Waals surface area contributed by atoms with E-state index in [1.165, 1.54) is 18.3 Å². The van der Waals surface area contributed by atoms with Crippen LogP contribution in [0.15, 0.2) is 42.6 Å². The van der Waals surface area contributed by atoms with Crippen LogP contribution in [-0.2, 0) is 0 Å². The predicted octanol–water partition coefficient (Wildman–Crippen LogP) is 3.29. The molecule has 1 aromatic heterocycles. The molecule has 0 aliphatic carbocycles. The predicted molar refractivity (Wildman–Crippen MR) is 102 cm³/mol. The van der Waals surface area contributed by atoms with Gasteiger partial charge in [0.1, 0.15) is 5.69 Å². The van der Waals surface area contributed by atoms with Crippen LogP contribution in [0.4, 0.5) is 5.69 Å². The Kier molecular flexibility index (Phi) is 7.05. The summed E-state index contributed by atoms with van der Waals surface area (Å²) in [4.78, 5) is 41.5. The highest BCUT2D eigenvalue weighted by atomic mass is 16.4. The van der Waals surface area contributed by atoms with Crippen LogP contribution >= 0.6 is 0 Å². The first-order valence-electron chi connectivity index (χ1n) is 8.86. The summed E-state index contributed by atoms with van der Waals surface area (Å²) in [5.74, 6) is -1.68. The maximum Gasteiger partial charge on any atom is 0.335 e. The van der Waals surface area contributed by atoms with Gasteiger partial charge in [-0.3, -0.25) is 14.6 Å². The number of nitrogens with one attached hydrogen (secondary N) is 1. The lowest BCUT2D eigenvalue weighted by Gasteiger charge is -2.21. The fourth-order valence-electron chi connectivity index (χ4n) is 2.62. The van der Waals surface area contributed by atoms with E-state index in [0.717, 1.165) is 12.8 Å². The molecule has 1 heterocycles. The Morgan fingerprint density at radius 1 is 1.00 bits per heavy atom. The SMILES string of the molecule is CCCN(CCC)C(=O)c1ccc(NC(=O)c2cc(C(=O)O)ccn2)cc1. The molecule has 7 heteroatoms. The number of pyridine rings is 1. The second kappa shape index (κ2) is 9.47. The van der Waals surface area contributed by atoms with E-state index in [1.54, 1.807) is 24.3 Å². The number of nitrogens with zero attached hydrogens (tertiary/aromatic N) is 2. The summed E-state index contributed by atoms with van der Waals surface area (Å²) in [7, 11) is 0. The number of hydrogen-bond donors (Lipinski definition) is 2. The molecule has 0 radical (unpaired) electrons. The molecule has 0 unspecified atom stereocenters. The normalized spacial score (nSPS) is 10.3. The largest absolute Gasteiger partial charge is 0.478 e. The number of benzene rings is 1. The van der Waals surface area contributed by atoms with E-state index < -0.39 is 11.9 Å². The molecule has 2 aromatic rings. The zero-order valence-corrected chi connectivity index (χ0v) is 15.4. The minimum Gasteiger partial charge on any atom is -0.478 e. The van der Waals surface area contributed by atoms with E-state index in [0.29, 0.717) is 24.3 Å². The Morgan fingerprint density at radius 3 is 2.19 bits per heavy atom. The molecule has 1 aromatic carbocycles. The Bertz CT molecular complexity index is 812. The van der Waals surface area contributed by atoms with Crippen molar-refractivity contribution in [2.45, 2.75) is 26.7 Å². The summed E-state index contributed by atoms with van der Waals surface area (Å²) in [6, 6.07) is 9.14. The van der Waals surface area contributed by atoms with Crippen molar-refractivity contribution in [2.75, 3.05) is 18.4 Å². The van der Waals surface area contributed by atoms with Gasteiger partial charge in [0.05, 0.1) is 5.56 Å². The molecule has 0 fully saturated rings. The number of aromatic carboxylic acids is 1. The fourth-order valence-corrected chi connectivity index (χ4v) is 2.62. The molecule has 0 atom stereocenters. The molecule has 0 saturated carbocycles. The van der Waals surface area contributed by atoms with Crippen LogP contribution in [0.2, 0.25) is 0 Å². The average Bonchev–Trinajstić information content (AvgIpc) is 2.68. The molecule has 2 rings (SSSR count). The van der Waals surface area contributed by atoms with Gasteiger partial charge in [-0.15, -0.1) is 0 Å². The van der Waals surface area contributed by atoms with Crippen LogP contribution in [0, 0.1) is 0 Å². The van der Waals surface area contributed by atoms with E-state index in [1.807, 2.05) is 18.7 Å². The molecule has 2 N–H and O–H groups in total. The summed E-state index contributed by atoms with van der Waals surface area (Å²) >= 11 is 0. The number of aromatic nitrogens is 1. The van der Waals surface area contributed by atoms with E-state index >= 15 is 0 Å². The third-order valence-electron chi connectivity index (χ3n) is 3.90. The molecule has 142 valence electrons. The van der Waals surface area contributed by atoms with Crippen molar-refractivity contribution in [1.82, 2.24) is 9.88 Å². The summed E-state index contributed by atoms with van der Waals surface area (Å²) in [5, 5.41) is 11.6. The van der Waals surface area contributed by atoms with E-state index in [9.17, 15) is 14.4 Å². The highest BCUT2D eigenvalue weighted by Crippen LogP contribution is 2.14. The third kappa shape index (κ3) is 5.37. The number of carboxylic acids is 1. The highest BCUT2D eigenvalue weighted by molar-refractivity contribution is 6.04. The van der Waals surface area contributed by atoms with Crippen LogP contribution in [0.5, 0.6) is 0 Å². The van der Waals surface area contributed by atoms with Gasteiger partial charge in [0.25, 0.3) is 11.8 Å². The molecule has 0 spiro atoms. The minimum atomic E-state index is -1.13. The Balaban J connectivity index is 2.08. The number of carbonyl (C=O) groups is 3. The van der Waals surface area contributed by atoms with Gasteiger partial charge in [0, 0.05) is 30.5 Å². The van der Waals surface area contributed by atoms with Crippen molar-refractivity contribution in [3.05, 3.63) is 59.4 Å². The molecule has 0 aliphatic rings. The van der Waals surface area contributed by atoms with Crippen LogP contribution in [0.1, 0.15) is 57.9 Å². The van der Waals surface area contributed by atoms with Crippen LogP contribution in [0.3, 0.4) is 0 Å². The van der Waals surface area contributed by atoms with Gasteiger partial charge in [0.15, 0.2) is 0 Å². The highest BCUT2D eigenvalue weighted by Gasteiger charge is 2.15. The molecule has 0 saturated heterocycles. The molecule has 0 aliphatic heterocycles. The topological polar surface area (TPSA) is 99.6 Å². The van der Waals surface area contributed by atoms with Gasteiger partial charge < -0.3 is 15.3 Å². The first-order chi connectivity index (χ1) is 13.0. The number of carboxylic acid groups (broad SMARTS) is 1. The first-order valence-corrected chi connectivity index (χ1v) is 8.86. The first kappa shape index (κ1) is 20.1. The van der Waals surface area contributed by atoms with Gasteiger partial charge >= 0.3 is 5.97 Å². The molecule has 7 nitrogen and oxygen atoms in total. The van der Waals surface area contributed by atoms with E-state index in [2.05, 4.69) is 10.3 Å². The van der Waals surface area contributed by atoms with Crippen LogP contribution < -0.4 is 5.32 Å². The van der Waals surface area contributed by atoms with Gasteiger partial charge in [-0.2, -0.15) is 0 Å². The molecule has 2 amide bonds. The molecular formula is C20H23N3O4. The van der Waals surface area contributed by atoms with E-state index in [4.69, 9.17) is 5.11 Å². The zero-order valence-electron chi connectivity index (χ0n) is 15.4. The second-order valence-electron chi connectivity index (χ2n) is 6.06. The molecule has 0 bridgehead atoms. The maximum absolute atomic E-state index is 12.6. The van der Waals surface area contributed by atoms with Crippen molar-refractivity contribution >= 4 is 23.5 Å². The average molecular weight is 369 g/mol. The van der Waals surface area contributed by atoms with Crippen molar-refractivity contribution < 1.29 is 19.5 Å². The van der Waals surface area contributed by atoms with Crippen LogP contribution in [-0.4, -0.2) is 45.9 Å². The Morgan fingerprint density at radius 2 is 1.63 bits per heavy atom. The summed E-state index contributed by atoms with van der Waals surface area (Å²) < 4.78 is 0. The number of rotatable bonds is 8. The Hall–Kier alpha value is -3.22. The number of amides is 2. The standard InChI is InChI=1S/C20H23N3O4/c1-3-11-23(12-4-2)19(25)14-5-7-16(8-6-14)22-18(24)17-13-15(20(26)27)9-10-21-17/h5-10,13H,3-4,11-12H2,1-2H3,(H,22,24)(H,26,27). The monoisotopic (exact) mass is 369 g/mol. The van der Waals surface area contributed by atoms with Gasteiger partial charge in [-0.05, 0) is 49.2 Å². The van der Waals surface area contributed by atoms with Gasteiger partial charge in [0.2, 0.25) is 0 Å². The third-order valence-corrected chi connectivity index (χ3v) is 3.90. The summed E-state index contributed by atoms with van der Waals surface area (Å²) in [6.45, 7) is 5.47.